The second kappa shape index (κ2) is 5.02. The fraction of sp³-hybridized carbons (Fsp3) is 0.786. The van der Waals surface area contributed by atoms with Gasteiger partial charge in [-0.15, -0.1) is 0 Å². The number of nitrogens with zero attached hydrogens (tertiary/aromatic N) is 2. The summed E-state index contributed by atoms with van der Waals surface area (Å²) in [5.41, 5.74) is 6.00. The lowest BCUT2D eigenvalue weighted by atomic mass is 10.0. The maximum absolute atomic E-state index is 12.3. The standard InChI is InChI=1S/C14H25N3O/c1-14(2,3)17-8-6-16(7-9-17)13(18)11-4-5-12(15)10-11/h4-5,11-12H,6-10,15H2,1-3H3. The Kier molecular flexibility index (Phi) is 3.78. The van der Waals surface area contributed by atoms with Gasteiger partial charge in [-0.05, 0) is 27.2 Å². The predicted molar refractivity (Wildman–Crippen MR) is 73.1 cm³/mol. The van der Waals surface area contributed by atoms with Gasteiger partial charge in [0.1, 0.15) is 0 Å². The number of nitrogens with two attached hydrogens (primary N) is 1. The highest BCUT2D eigenvalue weighted by molar-refractivity contribution is 5.81. The van der Waals surface area contributed by atoms with Crippen LogP contribution in [0.15, 0.2) is 12.2 Å². The Hall–Kier alpha value is -0.870. The third kappa shape index (κ3) is 2.93. The van der Waals surface area contributed by atoms with Gasteiger partial charge in [0.05, 0.1) is 5.92 Å². The third-order valence-corrected chi connectivity index (χ3v) is 3.97. The second-order valence-corrected chi connectivity index (χ2v) is 6.37. The van der Waals surface area contributed by atoms with E-state index < -0.39 is 0 Å². The lowest BCUT2D eigenvalue weighted by Crippen LogP contribution is -2.55. The van der Waals surface area contributed by atoms with Crippen LogP contribution < -0.4 is 5.73 Å². The third-order valence-electron chi connectivity index (χ3n) is 3.97. The first-order valence-corrected chi connectivity index (χ1v) is 6.85. The van der Waals surface area contributed by atoms with Gasteiger partial charge < -0.3 is 10.6 Å². The van der Waals surface area contributed by atoms with Gasteiger partial charge in [0.15, 0.2) is 0 Å². The van der Waals surface area contributed by atoms with E-state index in [0.29, 0.717) is 0 Å². The maximum Gasteiger partial charge on any atom is 0.229 e. The van der Waals surface area contributed by atoms with Crippen LogP contribution in [0.2, 0.25) is 0 Å². The summed E-state index contributed by atoms with van der Waals surface area (Å²) in [7, 11) is 0. The van der Waals surface area contributed by atoms with Gasteiger partial charge in [-0.3, -0.25) is 9.69 Å². The highest BCUT2D eigenvalue weighted by Gasteiger charge is 2.31. The van der Waals surface area contributed by atoms with E-state index in [2.05, 4.69) is 25.7 Å². The first kappa shape index (κ1) is 13.6. The van der Waals surface area contributed by atoms with Crippen molar-refractivity contribution < 1.29 is 4.79 Å². The molecule has 0 spiro atoms. The summed E-state index contributed by atoms with van der Waals surface area (Å²) in [5.74, 6) is 0.272. The second-order valence-electron chi connectivity index (χ2n) is 6.37. The zero-order valence-corrected chi connectivity index (χ0v) is 11.7. The molecule has 2 N–H and O–H groups in total. The molecule has 1 amide bonds. The molecule has 102 valence electrons. The van der Waals surface area contributed by atoms with Crippen LogP contribution in [-0.4, -0.2) is 53.5 Å². The van der Waals surface area contributed by atoms with Crippen molar-refractivity contribution in [3.05, 3.63) is 12.2 Å². The number of rotatable bonds is 1. The molecule has 0 saturated carbocycles. The molecule has 0 aromatic rings. The van der Waals surface area contributed by atoms with Crippen LogP contribution in [-0.2, 0) is 4.79 Å². The van der Waals surface area contributed by atoms with Crippen molar-refractivity contribution in [3.63, 3.8) is 0 Å². The quantitative estimate of drug-likeness (QED) is 0.702. The molecule has 2 unspecified atom stereocenters. The number of piperazine rings is 1. The number of carbonyl (C=O) groups is 1. The van der Waals surface area contributed by atoms with Crippen LogP contribution in [0.3, 0.4) is 0 Å². The van der Waals surface area contributed by atoms with Crippen LogP contribution in [0, 0.1) is 5.92 Å². The molecule has 0 radical (unpaired) electrons. The highest BCUT2D eigenvalue weighted by Crippen LogP contribution is 2.21. The number of carbonyl (C=O) groups excluding carboxylic acids is 1. The number of hydrogen-bond acceptors (Lipinski definition) is 3. The molecule has 1 aliphatic carbocycles. The molecule has 18 heavy (non-hydrogen) atoms. The van der Waals surface area contributed by atoms with Gasteiger partial charge in [-0.25, -0.2) is 0 Å². The summed E-state index contributed by atoms with van der Waals surface area (Å²) < 4.78 is 0. The van der Waals surface area contributed by atoms with Crippen molar-refractivity contribution in [3.8, 4) is 0 Å². The molecular weight excluding hydrogens is 226 g/mol. The number of amides is 1. The summed E-state index contributed by atoms with van der Waals surface area (Å²) in [6.45, 7) is 10.3. The minimum atomic E-state index is 0.0150. The van der Waals surface area contributed by atoms with Crippen molar-refractivity contribution in [2.24, 2.45) is 11.7 Å². The van der Waals surface area contributed by atoms with Crippen LogP contribution in [0.25, 0.3) is 0 Å². The molecular formula is C14H25N3O. The Labute approximate surface area is 110 Å². The van der Waals surface area contributed by atoms with E-state index in [9.17, 15) is 4.79 Å². The monoisotopic (exact) mass is 251 g/mol. The normalized spacial score (nSPS) is 29.9. The van der Waals surface area contributed by atoms with Gasteiger partial charge in [0, 0.05) is 37.8 Å². The molecule has 4 nitrogen and oxygen atoms in total. The van der Waals surface area contributed by atoms with Gasteiger partial charge in [0.2, 0.25) is 5.91 Å². The van der Waals surface area contributed by atoms with Gasteiger partial charge in [-0.2, -0.15) is 0 Å². The Morgan fingerprint density at radius 1 is 1.17 bits per heavy atom. The van der Waals surface area contributed by atoms with Gasteiger partial charge in [-0.1, -0.05) is 12.2 Å². The average Bonchev–Trinajstić information content (AvgIpc) is 2.74. The highest BCUT2D eigenvalue weighted by atomic mass is 16.2. The molecule has 2 aliphatic rings. The van der Waals surface area contributed by atoms with E-state index in [1.54, 1.807) is 0 Å². The first-order valence-electron chi connectivity index (χ1n) is 6.85. The van der Waals surface area contributed by atoms with E-state index >= 15 is 0 Å². The van der Waals surface area contributed by atoms with E-state index in [1.807, 2.05) is 17.1 Å². The van der Waals surface area contributed by atoms with E-state index in [0.717, 1.165) is 32.6 Å². The molecule has 1 fully saturated rings. The minimum Gasteiger partial charge on any atom is -0.340 e. The fourth-order valence-corrected chi connectivity index (χ4v) is 2.74. The van der Waals surface area contributed by atoms with Crippen molar-refractivity contribution in [2.75, 3.05) is 26.2 Å². The minimum absolute atomic E-state index is 0.0150. The molecule has 1 heterocycles. The SMILES string of the molecule is CC(C)(C)N1CCN(C(=O)C2C=CC(N)C2)CC1. The van der Waals surface area contributed by atoms with Crippen molar-refractivity contribution in [1.29, 1.82) is 0 Å². The lowest BCUT2D eigenvalue weighted by molar-refractivity contribution is -0.136. The Bertz CT molecular complexity index is 337. The molecule has 2 rings (SSSR count). The summed E-state index contributed by atoms with van der Waals surface area (Å²) in [6.07, 6.45) is 4.70. The van der Waals surface area contributed by atoms with Crippen LogP contribution >= 0.6 is 0 Å². The molecule has 0 bridgehead atoms. The average molecular weight is 251 g/mol. The van der Waals surface area contributed by atoms with Crippen LogP contribution in [0.1, 0.15) is 27.2 Å². The Balaban J connectivity index is 1.86. The van der Waals surface area contributed by atoms with Crippen LogP contribution in [0.5, 0.6) is 0 Å². The smallest absolute Gasteiger partial charge is 0.229 e. The summed E-state index contributed by atoms with van der Waals surface area (Å²) in [5, 5.41) is 0. The molecule has 0 aromatic carbocycles. The molecule has 0 aromatic heterocycles. The zero-order chi connectivity index (χ0) is 13.3. The summed E-state index contributed by atoms with van der Waals surface area (Å²) in [6, 6.07) is 0.0646. The van der Waals surface area contributed by atoms with E-state index in [1.165, 1.54) is 0 Å². The maximum atomic E-state index is 12.3. The van der Waals surface area contributed by atoms with Crippen molar-refractivity contribution >= 4 is 5.91 Å². The molecule has 1 aliphatic heterocycles. The topological polar surface area (TPSA) is 49.6 Å². The molecule has 4 heteroatoms. The fourth-order valence-electron chi connectivity index (χ4n) is 2.74. The number of hydrogen-bond donors (Lipinski definition) is 1. The summed E-state index contributed by atoms with van der Waals surface area (Å²) in [4.78, 5) is 16.7. The summed E-state index contributed by atoms with van der Waals surface area (Å²) >= 11 is 0. The zero-order valence-electron chi connectivity index (χ0n) is 11.7. The lowest BCUT2D eigenvalue weighted by Gasteiger charge is -2.42. The van der Waals surface area contributed by atoms with Crippen LogP contribution in [0.4, 0.5) is 0 Å². The Morgan fingerprint density at radius 3 is 2.22 bits per heavy atom. The van der Waals surface area contributed by atoms with Crippen molar-refractivity contribution in [1.82, 2.24) is 9.80 Å². The van der Waals surface area contributed by atoms with E-state index in [-0.39, 0.29) is 23.4 Å². The van der Waals surface area contributed by atoms with E-state index in [4.69, 9.17) is 5.73 Å². The van der Waals surface area contributed by atoms with Gasteiger partial charge in [0.25, 0.3) is 0 Å². The van der Waals surface area contributed by atoms with Crippen molar-refractivity contribution in [2.45, 2.75) is 38.8 Å². The Morgan fingerprint density at radius 2 is 1.78 bits per heavy atom. The molecule has 2 atom stereocenters. The van der Waals surface area contributed by atoms with Gasteiger partial charge >= 0.3 is 0 Å². The largest absolute Gasteiger partial charge is 0.340 e. The first-order chi connectivity index (χ1) is 8.38. The molecule has 1 saturated heterocycles. The predicted octanol–water partition coefficient (Wildman–Crippen LogP) is 0.833.